The molecule has 4 heteroatoms. The predicted molar refractivity (Wildman–Crippen MR) is 87.7 cm³/mol. The largest absolute Gasteiger partial charge is 0.354 e. The van der Waals surface area contributed by atoms with Crippen LogP contribution in [-0.4, -0.2) is 18.0 Å². The van der Waals surface area contributed by atoms with E-state index < -0.39 is 5.54 Å². The van der Waals surface area contributed by atoms with Gasteiger partial charge in [0.15, 0.2) is 0 Å². The minimum atomic E-state index is -0.793. The van der Waals surface area contributed by atoms with Gasteiger partial charge >= 0.3 is 0 Å². The highest BCUT2D eigenvalue weighted by Gasteiger charge is 2.30. The van der Waals surface area contributed by atoms with Crippen molar-refractivity contribution in [2.24, 2.45) is 5.73 Å². The third kappa shape index (κ3) is 4.32. The number of nitrogens with one attached hydrogen (secondary N) is 1. The number of hydrogen-bond donors (Lipinski definition) is 2. The van der Waals surface area contributed by atoms with E-state index >= 15 is 0 Å². The fraction of sp³-hybridized carbons (Fsp3) is 0.562. The van der Waals surface area contributed by atoms with E-state index in [1.807, 2.05) is 25.1 Å². The maximum Gasteiger partial charge on any atom is 0.239 e. The van der Waals surface area contributed by atoms with Crippen LogP contribution in [0.25, 0.3) is 0 Å². The number of carbonyl (C=O) groups excluding carboxylic acids is 1. The van der Waals surface area contributed by atoms with Crippen LogP contribution in [-0.2, 0) is 10.2 Å². The van der Waals surface area contributed by atoms with E-state index in [4.69, 9.17) is 5.73 Å². The molecule has 0 bridgehead atoms. The molecule has 1 aromatic carbocycles. The Kier molecular flexibility index (Phi) is 5.78. The average molecular weight is 341 g/mol. The molecule has 0 aliphatic heterocycles. The zero-order valence-corrected chi connectivity index (χ0v) is 14.4. The highest BCUT2D eigenvalue weighted by atomic mass is 79.9. The van der Waals surface area contributed by atoms with E-state index in [-0.39, 0.29) is 11.3 Å². The van der Waals surface area contributed by atoms with Crippen molar-refractivity contribution >= 4 is 21.8 Å². The third-order valence-electron chi connectivity index (χ3n) is 3.58. The van der Waals surface area contributed by atoms with E-state index in [2.05, 4.69) is 41.2 Å². The van der Waals surface area contributed by atoms with Gasteiger partial charge in [-0.25, -0.2) is 0 Å². The number of benzene rings is 1. The summed E-state index contributed by atoms with van der Waals surface area (Å²) >= 11 is 3.57. The normalized spacial score (nSPS) is 14.7. The van der Waals surface area contributed by atoms with Gasteiger partial charge in [-0.1, -0.05) is 61.3 Å². The SMILES string of the molecule is CCCC(C)(N)C(=O)NCC(C)(C)c1ccccc1Br. The standard InChI is InChI=1S/C16H25BrN2O/c1-5-10-16(4,18)14(20)19-11-15(2,3)12-8-6-7-9-13(12)17/h6-9H,5,10-11,18H2,1-4H3,(H,19,20). The van der Waals surface area contributed by atoms with Crippen LogP contribution in [0, 0.1) is 0 Å². The summed E-state index contributed by atoms with van der Waals surface area (Å²) in [5.41, 5.74) is 6.28. The van der Waals surface area contributed by atoms with Crippen LogP contribution in [0.15, 0.2) is 28.7 Å². The lowest BCUT2D eigenvalue weighted by atomic mass is 9.84. The molecule has 1 rings (SSSR count). The summed E-state index contributed by atoms with van der Waals surface area (Å²) in [6, 6.07) is 8.08. The van der Waals surface area contributed by atoms with Crippen LogP contribution in [0.2, 0.25) is 0 Å². The summed E-state index contributed by atoms with van der Waals surface area (Å²) in [7, 11) is 0. The van der Waals surface area contributed by atoms with Crippen LogP contribution < -0.4 is 11.1 Å². The second-order valence-electron chi connectivity index (χ2n) is 6.21. The quantitative estimate of drug-likeness (QED) is 0.834. The summed E-state index contributed by atoms with van der Waals surface area (Å²) in [5.74, 6) is -0.0838. The van der Waals surface area contributed by atoms with Crippen LogP contribution in [0.4, 0.5) is 0 Å². The summed E-state index contributed by atoms with van der Waals surface area (Å²) < 4.78 is 1.06. The number of nitrogens with two attached hydrogens (primary N) is 1. The molecule has 20 heavy (non-hydrogen) atoms. The Labute approximate surface area is 130 Å². The van der Waals surface area contributed by atoms with E-state index in [1.54, 1.807) is 6.92 Å². The van der Waals surface area contributed by atoms with Gasteiger partial charge in [0.25, 0.3) is 0 Å². The molecule has 0 aromatic heterocycles. The van der Waals surface area contributed by atoms with Crippen molar-refractivity contribution < 1.29 is 4.79 Å². The molecule has 112 valence electrons. The zero-order chi connectivity index (χ0) is 15.4. The van der Waals surface area contributed by atoms with Gasteiger partial charge in [-0.2, -0.15) is 0 Å². The molecule has 3 nitrogen and oxygen atoms in total. The molecule has 1 unspecified atom stereocenters. The molecule has 3 N–H and O–H groups in total. The highest BCUT2D eigenvalue weighted by Crippen LogP contribution is 2.29. The first-order valence-electron chi connectivity index (χ1n) is 7.03. The van der Waals surface area contributed by atoms with Gasteiger partial charge in [-0.3, -0.25) is 4.79 Å². The molecule has 0 fully saturated rings. The van der Waals surface area contributed by atoms with Crippen LogP contribution in [0.3, 0.4) is 0 Å². The van der Waals surface area contributed by atoms with Gasteiger partial charge in [0.2, 0.25) is 5.91 Å². The van der Waals surface area contributed by atoms with Crippen molar-refractivity contribution in [3.05, 3.63) is 34.3 Å². The van der Waals surface area contributed by atoms with Crippen molar-refractivity contribution in [2.45, 2.75) is 51.5 Å². The van der Waals surface area contributed by atoms with Crippen molar-refractivity contribution in [1.82, 2.24) is 5.32 Å². The minimum Gasteiger partial charge on any atom is -0.354 e. The second kappa shape index (κ2) is 6.72. The molecule has 1 atom stereocenters. The summed E-state index contributed by atoms with van der Waals surface area (Å²) in [4.78, 5) is 12.2. The Morgan fingerprint density at radius 3 is 2.45 bits per heavy atom. The Hall–Kier alpha value is -0.870. The first kappa shape index (κ1) is 17.2. The highest BCUT2D eigenvalue weighted by molar-refractivity contribution is 9.10. The van der Waals surface area contributed by atoms with E-state index in [0.29, 0.717) is 13.0 Å². The van der Waals surface area contributed by atoms with Crippen molar-refractivity contribution in [3.63, 3.8) is 0 Å². The van der Waals surface area contributed by atoms with Gasteiger partial charge in [0, 0.05) is 16.4 Å². The lowest BCUT2D eigenvalue weighted by molar-refractivity contribution is -0.126. The Bertz CT molecular complexity index is 469. The molecule has 1 aromatic rings. The molecule has 0 saturated carbocycles. The molecule has 0 radical (unpaired) electrons. The monoisotopic (exact) mass is 340 g/mol. The van der Waals surface area contributed by atoms with Crippen LogP contribution >= 0.6 is 15.9 Å². The average Bonchev–Trinajstić information content (AvgIpc) is 2.36. The molecule has 0 heterocycles. The van der Waals surface area contributed by atoms with Gasteiger partial charge in [-0.15, -0.1) is 0 Å². The topological polar surface area (TPSA) is 55.1 Å². The first-order valence-corrected chi connectivity index (χ1v) is 7.82. The van der Waals surface area contributed by atoms with Crippen molar-refractivity contribution in [1.29, 1.82) is 0 Å². The van der Waals surface area contributed by atoms with E-state index in [1.165, 1.54) is 5.56 Å². The lowest BCUT2D eigenvalue weighted by Crippen LogP contribution is -2.53. The maximum absolute atomic E-state index is 12.2. The molecular formula is C16H25BrN2O. The molecule has 0 spiro atoms. The van der Waals surface area contributed by atoms with Gasteiger partial charge in [0.05, 0.1) is 5.54 Å². The number of amides is 1. The smallest absolute Gasteiger partial charge is 0.239 e. The predicted octanol–water partition coefficient (Wildman–Crippen LogP) is 3.36. The lowest BCUT2D eigenvalue weighted by Gasteiger charge is -2.30. The first-order chi connectivity index (χ1) is 9.20. The Morgan fingerprint density at radius 2 is 1.90 bits per heavy atom. The number of carbonyl (C=O) groups is 1. The van der Waals surface area contributed by atoms with E-state index in [9.17, 15) is 4.79 Å². The zero-order valence-electron chi connectivity index (χ0n) is 12.8. The van der Waals surface area contributed by atoms with Gasteiger partial charge < -0.3 is 11.1 Å². The van der Waals surface area contributed by atoms with Crippen LogP contribution in [0.1, 0.15) is 46.1 Å². The van der Waals surface area contributed by atoms with E-state index in [0.717, 1.165) is 10.9 Å². The summed E-state index contributed by atoms with van der Waals surface area (Å²) in [6.07, 6.45) is 1.59. The number of halogens is 1. The Balaban J connectivity index is 2.74. The summed E-state index contributed by atoms with van der Waals surface area (Å²) in [5, 5.41) is 2.99. The minimum absolute atomic E-state index is 0.0838. The maximum atomic E-state index is 12.2. The van der Waals surface area contributed by atoms with Crippen LogP contribution in [0.5, 0.6) is 0 Å². The molecular weight excluding hydrogens is 316 g/mol. The van der Waals surface area contributed by atoms with Crippen molar-refractivity contribution in [2.75, 3.05) is 6.54 Å². The fourth-order valence-electron chi connectivity index (χ4n) is 2.24. The third-order valence-corrected chi connectivity index (χ3v) is 4.27. The fourth-order valence-corrected chi connectivity index (χ4v) is 3.06. The molecule has 0 aliphatic carbocycles. The molecule has 1 amide bonds. The number of rotatable bonds is 6. The summed E-state index contributed by atoms with van der Waals surface area (Å²) in [6.45, 7) is 8.60. The molecule has 0 saturated heterocycles. The Morgan fingerprint density at radius 1 is 1.30 bits per heavy atom. The van der Waals surface area contributed by atoms with Gasteiger partial charge in [0.1, 0.15) is 0 Å². The van der Waals surface area contributed by atoms with Gasteiger partial charge in [-0.05, 0) is 25.0 Å². The second-order valence-corrected chi connectivity index (χ2v) is 7.07. The van der Waals surface area contributed by atoms with Crippen molar-refractivity contribution in [3.8, 4) is 0 Å². The number of hydrogen-bond acceptors (Lipinski definition) is 2. The molecule has 0 aliphatic rings.